The van der Waals surface area contributed by atoms with Crippen molar-refractivity contribution in [3.05, 3.63) is 0 Å². The molecule has 0 radical (unpaired) electrons. The third-order valence-electron chi connectivity index (χ3n) is 3.36. The van der Waals surface area contributed by atoms with E-state index < -0.39 is 0 Å². The molecule has 5 heteroatoms. The van der Waals surface area contributed by atoms with E-state index in [1.807, 2.05) is 0 Å². The first kappa shape index (κ1) is 16.8. The number of amides is 1. The van der Waals surface area contributed by atoms with Gasteiger partial charge in [-0.1, -0.05) is 13.8 Å². The summed E-state index contributed by atoms with van der Waals surface area (Å²) in [6.45, 7) is 10.7. The van der Waals surface area contributed by atoms with Crippen LogP contribution in [0.5, 0.6) is 0 Å². The SMILES string of the molecule is CC(C)CCCN1CCO[C@@H](CNC(=O)C(C)S)C1. The molecule has 1 saturated heterocycles. The highest BCUT2D eigenvalue weighted by Crippen LogP contribution is 2.09. The molecular weight excluding hydrogens is 260 g/mol. The summed E-state index contributed by atoms with van der Waals surface area (Å²) >= 11 is 4.11. The van der Waals surface area contributed by atoms with Crippen molar-refractivity contribution in [2.45, 2.75) is 45.0 Å². The second-order valence-corrected chi connectivity index (χ2v) is 6.53. The van der Waals surface area contributed by atoms with Gasteiger partial charge in [-0.15, -0.1) is 0 Å². The van der Waals surface area contributed by atoms with Gasteiger partial charge in [0, 0.05) is 19.6 Å². The molecule has 2 atom stereocenters. The number of hydrogen-bond acceptors (Lipinski definition) is 4. The molecule has 1 fully saturated rings. The van der Waals surface area contributed by atoms with Crippen molar-refractivity contribution in [1.29, 1.82) is 0 Å². The number of thiol groups is 1. The minimum absolute atomic E-state index is 0.0242. The quantitative estimate of drug-likeness (QED) is 0.699. The fraction of sp³-hybridized carbons (Fsp3) is 0.929. The molecule has 1 rings (SSSR count). The van der Waals surface area contributed by atoms with E-state index in [4.69, 9.17) is 4.74 Å². The van der Waals surface area contributed by atoms with Crippen LogP contribution in [0.25, 0.3) is 0 Å². The Bertz CT molecular complexity index is 272. The highest BCUT2D eigenvalue weighted by molar-refractivity contribution is 7.81. The number of carbonyl (C=O) groups excluding carboxylic acids is 1. The maximum atomic E-state index is 11.5. The van der Waals surface area contributed by atoms with Gasteiger partial charge in [0.25, 0.3) is 0 Å². The molecule has 4 nitrogen and oxygen atoms in total. The van der Waals surface area contributed by atoms with E-state index in [2.05, 4.69) is 36.7 Å². The summed E-state index contributed by atoms with van der Waals surface area (Å²) in [5.41, 5.74) is 0. The number of hydrogen-bond donors (Lipinski definition) is 2. The van der Waals surface area contributed by atoms with Crippen LogP contribution in [0.4, 0.5) is 0 Å². The van der Waals surface area contributed by atoms with Gasteiger partial charge in [-0.25, -0.2) is 0 Å². The lowest BCUT2D eigenvalue weighted by Crippen LogP contribution is -2.48. The van der Waals surface area contributed by atoms with E-state index in [1.54, 1.807) is 6.92 Å². The number of morpholine rings is 1. The minimum atomic E-state index is -0.259. The number of carbonyl (C=O) groups is 1. The Morgan fingerprint density at radius 2 is 2.21 bits per heavy atom. The van der Waals surface area contributed by atoms with Gasteiger partial charge in [0.2, 0.25) is 5.91 Å². The second-order valence-electron chi connectivity index (χ2n) is 5.75. The first-order chi connectivity index (χ1) is 8.99. The molecular formula is C14H28N2O2S. The summed E-state index contributed by atoms with van der Waals surface area (Å²) in [5, 5.41) is 2.62. The number of rotatable bonds is 7. The van der Waals surface area contributed by atoms with Crippen molar-refractivity contribution < 1.29 is 9.53 Å². The molecule has 112 valence electrons. The van der Waals surface area contributed by atoms with Gasteiger partial charge in [0.15, 0.2) is 0 Å². The predicted molar refractivity (Wildman–Crippen MR) is 81.7 cm³/mol. The zero-order valence-corrected chi connectivity index (χ0v) is 13.3. The summed E-state index contributed by atoms with van der Waals surface area (Å²) in [6.07, 6.45) is 2.63. The van der Waals surface area contributed by atoms with Gasteiger partial charge in [-0.05, 0) is 32.2 Å². The van der Waals surface area contributed by atoms with Gasteiger partial charge < -0.3 is 10.1 Å². The van der Waals surface area contributed by atoms with Gasteiger partial charge in [-0.3, -0.25) is 9.69 Å². The van der Waals surface area contributed by atoms with Crippen LogP contribution in [0.3, 0.4) is 0 Å². The smallest absolute Gasteiger partial charge is 0.232 e. The van der Waals surface area contributed by atoms with Crippen molar-refractivity contribution in [1.82, 2.24) is 10.2 Å². The normalized spacial score (nSPS) is 22.5. The molecule has 0 bridgehead atoms. The summed E-state index contributed by atoms with van der Waals surface area (Å²) in [5.74, 6) is 0.747. The predicted octanol–water partition coefficient (Wildman–Crippen LogP) is 1.56. The highest BCUT2D eigenvalue weighted by Gasteiger charge is 2.21. The van der Waals surface area contributed by atoms with Crippen molar-refractivity contribution in [3.63, 3.8) is 0 Å². The minimum Gasteiger partial charge on any atom is -0.374 e. The third kappa shape index (κ3) is 7.18. The molecule has 0 aliphatic carbocycles. The standard InChI is InChI=1S/C14H28N2O2S/c1-11(2)5-4-6-16-7-8-18-13(10-16)9-15-14(17)12(3)19/h11-13,19H,4-10H2,1-3H3,(H,15,17)/t12?,13-/m0/s1. The molecule has 1 aliphatic rings. The summed E-state index contributed by atoms with van der Waals surface area (Å²) in [4.78, 5) is 13.9. The number of nitrogens with one attached hydrogen (secondary N) is 1. The molecule has 0 aromatic carbocycles. The van der Waals surface area contributed by atoms with Crippen LogP contribution in [-0.4, -0.2) is 54.9 Å². The van der Waals surface area contributed by atoms with E-state index in [-0.39, 0.29) is 17.3 Å². The molecule has 1 amide bonds. The average Bonchev–Trinajstić information content (AvgIpc) is 2.36. The van der Waals surface area contributed by atoms with Crippen LogP contribution in [0.15, 0.2) is 0 Å². The maximum absolute atomic E-state index is 11.5. The van der Waals surface area contributed by atoms with E-state index in [9.17, 15) is 4.79 Å². The summed E-state index contributed by atoms with van der Waals surface area (Å²) in [6, 6.07) is 0. The molecule has 1 N–H and O–H groups in total. The lowest BCUT2D eigenvalue weighted by Gasteiger charge is -2.33. The van der Waals surface area contributed by atoms with E-state index in [0.717, 1.165) is 32.2 Å². The monoisotopic (exact) mass is 288 g/mol. The van der Waals surface area contributed by atoms with Crippen molar-refractivity contribution in [2.24, 2.45) is 5.92 Å². The Hall–Kier alpha value is -0.260. The van der Waals surface area contributed by atoms with Crippen molar-refractivity contribution in [3.8, 4) is 0 Å². The first-order valence-corrected chi connectivity index (χ1v) is 7.80. The van der Waals surface area contributed by atoms with Crippen LogP contribution < -0.4 is 5.32 Å². The highest BCUT2D eigenvalue weighted by atomic mass is 32.1. The fourth-order valence-electron chi connectivity index (χ4n) is 2.19. The molecule has 19 heavy (non-hydrogen) atoms. The van der Waals surface area contributed by atoms with Crippen LogP contribution in [0, 0.1) is 5.92 Å². The van der Waals surface area contributed by atoms with Crippen molar-refractivity contribution in [2.75, 3.05) is 32.8 Å². The Morgan fingerprint density at radius 1 is 1.47 bits per heavy atom. The van der Waals surface area contributed by atoms with E-state index in [1.165, 1.54) is 12.8 Å². The number of ether oxygens (including phenoxy) is 1. The molecule has 0 aromatic rings. The van der Waals surface area contributed by atoms with Crippen LogP contribution in [0.1, 0.15) is 33.6 Å². The van der Waals surface area contributed by atoms with E-state index in [0.29, 0.717) is 6.54 Å². The fourth-order valence-corrected chi connectivity index (χ4v) is 2.28. The van der Waals surface area contributed by atoms with Crippen LogP contribution >= 0.6 is 12.6 Å². The maximum Gasteiger partial charge on any atom is 0.232 e. The Kier molecular flexibility index (Phi) is 7.80. The zero-order valence-electron chi connectivity index (χ0n) is 12.4. The molecule has 0 saturated carbocycles. The van der Waals surface area contributed by atoms with Crippen molar-refractivity contribution >= 4 is 18.5 Å². The van der Waals surface area contributed by atoms with Gasteiger partial charge in [0.1, 0.15) is 0 Å². The molecule has 0 spiro atoms. The van der Waals surface area contributed by atoms with Gasteiger partial charge in [0.05, 0.1) is 18.0 Å². The van der Waals surface area contributed by atoms with Gasteiger partial charge in [-0.2, -0.15) is 12.6 Å². The van der Waals surface area contributed by atoms with E-state index >= 15 is 0 Å². The lowest BCUT2D eigenvalue weighted by molar-refractivity contribution is -0.121. The summed E-state index contributed by atoms with van der Waals surface area (Å²) in [7, 11) is 0. The van der Waals surface area contributed by atoms with Crippen LogP contribution in [0.2, 0.25) is 0 Å². The molecule has 0 aromatic heterocycles. The van der Waals surface area contributed by atoms with Crippen LogP contribution in [-0.2, 0) is 9.53 Å². The number of nitrogens with zero attached hydrogens (tertiary/aromatic N) is 1. The summed E-state index contributed by atoms with van der Waals surface area (Å²) < 4.78 is 5.68. The Morgan fingerprint density at radius 3 is 2.84 bits per heavy atom. The first-order valence-electron chi connectivity index (χ1n) is 7.28. The third-order valence-corrected chi connectivity index (χ3v) is 3.60. The van der Waals surface area contributed by atoms with Gasteiger partial charge >= 0.3 is 0 Å². The second kappa shape index (κ2) is 8.82. The lowest BCUT2D eigenvalue weighted by atomic mass is 10.1. The molecule has 1 heterocycles. The average molecular weight is 288 g/mol. The zero-order chi connectivity index (χ0) is 14.3. The largest absolute Gasteiger partial charge is 0.374 e. The molecule has 1 aliphatic heterocycles. The topological polar surface area (TPSA) is 41.6 Å². The Labute approximate surface area is 122 Å². The Balaban J connectivity index is 2.20. The molecule has 1 unspecified atom stereocenters.